The molecule has 2 rings (SSSR count). The molecule has 0 radical (unpaired) electrons. The van der Waals surface area contributed by atoms with Gasteiger partial charge in [0.05, 0.1) is 13.2 Å². The molecule has 1 aliphatic carbocycles. The molecule has 19 heavy (non-hydrogen) atoms. The number of rotatable bonds is 8. The van der Waals surface area contributed by atoms with Gasteiger partial charge in [-0.25, -0.2) is 0 Å². The van der Waals surface area contributed by atoms with Crippen LogP contribution >= 0.6 is 12.4 Å². The topological polar surface area (TPSA) is 47.6 Å². The molecule has 1 saturated carbocycles. The summed E-state index contributed by atoms with van der Waals surface area (Å²) in [6.45, 7) is 7.52. The van der Waals surface area contributed by atoms with E-state index in [0.717, 1.165) is 38.9 Å². The smallest absolute Gasteiger partial charge is 0.323 e. The van der Waals surface area contributed by atoms with Gasteiger partial charge in [-0.15, -0.1) is 19.0 Å². The van der Waals surface area contributed by atoms with E-state index in [-0.39, 0.29) is 29.8 Å². The number of allylic oxidation sites excluding steroid dienone is 1. The SMILES string of the molecule is C=CCCCOC[C@]12C[C@@H](C(=O)OCC)N[C@H]1C2.Cl. The molecule has 0 aromatic heterocycles. The minimum Gasteiger partial charge on any atom is -0.465 e. The number of hydrogen-bond donors (Lipinski definition) is 1. The molecule has 1 N–H and O–H groups in total. The molecule has 1 heterocycles. The Balaban J connectivity index is 0.00000180. The molecular formula is C14H24ClNO3. The Bertz CT molecular complexity index is 324. The quantitative estimate of drug-likeness (QED) is 0.422. The lowest BCUT2D eigenvalue weighted by atomic mass is 10.0. The number of ether oxygens (including phenoxy) is 2. The maximum absolute atomic E-state index is 11.6. The van der Waals surface area contributed by atoms with Crippen molar-refractivity contribution in [3.05, 3.63) is 12.7 Å². The normalized spacial score (nSPS) is 31.2. The van der Waals surface area contributed by atoms with E-state index in [1.54, 1.807) is 0 Å². The standard InChI is InChI=1S/C14H23NO3.ClH/c1-3-5-6-7-17-10-14-8-11(13(16)18-4-2)15-12(14)9-14;/h3,11-12,15H,1,4-10H2,2H3;1H/t11-,12-,14+;/m0./s1. The van der Waals surface area contributed by atoms with Crippen molar-refractivity contribution in [3.63, 3.8) is 0 Å². The van der Waals surface area contributed by atoms with Gasteiger partial charge in [-0.2, -0.15) is 0 Å². The van der Waals surface area contributed by atoms with Crippen LogP contribution in [-0.2, 0) is 14.3 Å². The summed E-state index contributed by atoms with van der Waals surface area (Å²) in [5.74, 6) is -0.115. The summed E-state index contributed by atoms with van der Waals surface area (Å²) in [6, 6.07) is 0.326. The number of carbonyl (C=O) groups excluding carboxylic acids is 1. The van der Waals surface area contributed by atoms with Crippen molar-refractivity contribution in [2.24, 2.45) is 5.41 Å². The van der Waals surface area contributed by atoms with Crippen LogP contribution in [0.2, 0.25) is 0 Å². The van der Waals surface area contributed by atoms with Crippen molar-refractivity contribution in [1.29, 1.82) is 0 Å². The van der Waals surface area contributed by atoms with Crippen molar-refractivity contribution in [2.75, 3.05) is 19.8 Å². The molecule has 1 aliphatic heterocycles. The van der Waals surface area contributed by atoms with Gasteiger partial charge in [-0.1, -0.05) is 6.08 Å². The van der Waals surface area contributed by atoms with Crippen LogP contribution in [0.4, 0.5) is 0 Å². The second-order valence-electron chi connectivity index (χ2n) is 5.28. The van der Waals surface area contributed by atoms with E-state index in [4.69, 9.17) is 9.47 Å². The predicted octanol–water partition coefficient (Wildman–Crippen LogP) is 2.07. The van der Waals surface area contributed by atoms with Gasteiger partial charge in [0.1, 0.15) is 6.04 Å². The number of halogens is 1. The van der Waals surface area contributed by atoms with Gasteiger partial charge in [-0.3, -0.25) is 4.79 Å². The predicted molar refractivity (Wildman–Crippen MR) is 76.5 cm³/mol. The van der Waals surface area contributed by atoms with Crippen LogP contribution in [0.15, 0.2) is 12.7 Å². The van der Waals surface area contributed by atoms with Crippen molar-refractivity contribution < 1.29 is 14.3 Å². The molecule has 0 spiro atoms. The van der Waals surface area contributed by atoms with Crippen molar-refractivity contribution >= 4 is 18.4 Å². The Kier molecular flexibility index (Phi) is 6.30. The van der Waals surface area contributed by atoms with Gasteiger partial charge in [0.15, 0.2) is 0 Å². The number of piperidine rings is 1. The number of hydrogen-bond acceptors (Lipinski definition) is 4. The molecule has 2 fully saturated rings. The largest absolute Gasteiger partial charge is 0.465 e. The lowest BCUT2D eigenvalue weighted by Crippen LogP contribution is -2.35. The first-order valence-electron chi connectivity index (χ1n) is 6.83. The Morgan fingerprint density at radius 2 is 2.32 bits per heavy atom. The van der Waals surface area contributed by atoms with Crippen LogP contribution in [0.25, 0.3) is 0 Å². The molecule has 0 aromatic rings. The van der Waals surface area contributed by atoms with E-state index in [0.29, 0.717) is 12.6 Å². The van der Waals surface area contributed by atoms with E-state index in [9.17, 15) is 4.79 Å². The number of nitrogens with one attached hydrogen (secondary N) is 1. The molecule has 4 nitrogen and oxygen atoms in total. The first-order valence-corrected chi connectivity index (χ1v) is 6.83. The average molecular weight is 290 g/mol. The number of carbonyl (C=O) groups is 1. The van der Waals surface area contributed by atoms with E-state index in [1.165, 1.54) is 0 Å². The van der Waals surface area contributed by atoms with Crippen LogP contribution < -0.4 is 5.32 Å². The van der Waals surface area contributed by atoms with Crippen molar-refractivity contribution in [1.82, 2.24) is 5.32 Å². The molecule has 5 heteroatoms. The van der Waals surface area contributed by atoms with Crippen LogP contribution in [0, 0.1) is 5.41 Å². The maximum atomic E-state index is 11.6. The summed E-state index contributed by atoms with van der Waals surface area (Å²) < 4.78 is 10.8. The molecule has 0 unspecified atom stereocenters. The van der Waals surface area contributed by atoms with E-state index < -0.39 is 0 Å². The highest BCUT2D eigenvalue weighted by atomic mass is 35.5. The second-order valence-corrected chi connectivity index (χ2v) is 5.28. The fourth-order valence-corrected chi connectivity index (χ4v) is 2.74. The third-order valence-electron chi connectivity index (χ3n) is 3.86. The van der Waals surface area contributed by atoms with Crippen molar-refractivity contribution in [2.45, 2.75) is 44.7 Å². The molecule has 0 bridgehead atoms. The second kappa shape index (κ2) is 7.27. The van der Waals surface area contributed by atoms with Gasteiger partial charge >= 0.3 is 5.97 Å². The van der Waals surface area contributed by atoms with Gasteiger partial charge < -0.3 is 14.8 Å². The van der Waals surface area contributed by atoms with Gasteiger partial charge in [0.2, 0.25) is 0 Å². The zero-order valence-corrected chi connectivity index (χ0v) is 12.3. The monoisotopic (exact) mass is 289 g/mol. The highest BCUT2D eigenvalue weighted by Crippen LogP contribution is 2.54. The lowest BCUT2D eigenvalue weighted by molar-refractivity contribution is -0.145. The first-order chi connectivity index (χ1) is 8.72. The fraction of sp³-hybridized carbons (Fsp3) is 0.786. The van der Waals surface area contributed by atoms with E-state index in [2.05, 4.69) is 11.9 Å². The van der Waals surface area contributed by atoms with Crippen LogP contribution in [-0.4, -0.2) is 37.9 Å². The van der Waals surface area contributed by atoms with E-state index >= 15 is 0 Å². The summed E-state index contributed by atoms with van der Waals surface area (Å²) in [7, 11) is 0. The Hall–Kier alpha value is -0.580. The van der Waals surface area contributed by atoms with Gasteiger partial charge in [0, 0.05) is 18.1 Å². The number of esters is 1. The highest BCUT2D eigenvalue weighted by molar-refractivity contribution is 5.85. The molecule has 3 atom stereocenters. The van der Waals surface area contributed by atoms with E-state index in [1.807, 2.05) is 13.0 Å². The van der Waals surface area contributed by atoms with Crippen LogP contribution in [0.3, 0.4) is 0 Å². The number of unbranched alkanes of at least 4 members (excludes halogenated alkanes) is 1. The molecule has 1 saturated heterocycles. The molecule has 110 valence electrons. The zero-order chi connectivity index (χ0) is 13.0. The van der Waals surface area contributed by atoms with Gasteiger partial charge in [0.25, 0.3) is 0 Å². The Morgan fingerprint density at radius 3 is 3.00 bits per heavy atom. The maximum Gasteiger partial charge on any atom is 0.323 e. The minimum absolute atomic E-state index is 0. The van der Waals surface area contributed by atoms with Gasteiger partial charge in [-0.05, 0) is 32.6 Å². The Labute approximate surface area is 121 Å². The summed E-state index contributed by atoms with van der Waals surface area (Å²) in [5.41, 5.74) is 0.200. The number of fused-ring (bicyclic) bond motifs is 1. The Morgan fingerprint density at radius 1 is 1.53 bits per heavy atom. The zero-order valence-electron chi connectivity index (χ0n) is 11.5. The third-order valence-corrected chi connectivity index (χ3v) is 3.86. The van der Waals surface area contributed by atoms with Crippen LogP contribution in [0.1, 0.15) is 32.6 Å². The third kappa shape index (κ3) is 3.94. The molecule has 0 amide bonds. The van der Waals surface area contributed by atoms with Crippen LogP contribution in [0.5, 0.6) is 0 Å². The highest BCUT2D eigenvalue weighted by Gasteiger charge is 2.61. The molecule has 0 aromatic carbocycles. The average Bonchev–Trinajstić information content (AvgIpc) is 2.91. The molecular weight excluding hydrogens is 266 g/mol. The minimum atomic E-state index is -0.125. The van der Waals surface area contributed by atoms with Crippen molar-refractivity contribution in [3.8, 4) is 0 Å². The molecule has 2 aliphatic rings. The summed E-state index contributed by atoms with van der Waals surface area (Å²) in [6.07, 6.45) is 5.93. The summed E-state index contributed by atoms with van der Waals surface area (Å²) in [4.78, 5) is 11.6. The fourth-order valence-electron chi connectivity index (χ4n) is 2.74. The first kappa shape index (κ1) is 16.5. The summed E-state index contributed by atoms with van der Waals surface area (Å²) in [5, 5.41) is 3.33. The summed E-state index contributed by atoms with van der Waals surface area (Å²) >= 11 is 0. The lowest BCUT2D eigenvalue weighted by Gasteiger charge is -2.15.